The Morgan fingerprint density at radius 1 is 0.950 bits per heavy atom. The quantitative estimate of drug-likeness (QED) is 0.277. The maximum absolute atomic E-state index is 2.75. The van der Waals surface area contributed by atoms with E-state index >= 15 is 0 Å². The lowest BCUT2D eigenvalue weighted by Gasteiger charge is -2.47. The summed E-state index contributed by atoms with van der Waals surface area (Å²) in [5.41, 5.74) is 13.6. The van der Waals surface area contributed by atoms with Gasteiger partial charge in [-0.1, -0.05) is 109 Å². The van der Waals surface area contributed by atoms with E-state index < -0.39 is 8.07 Å². The minimum atomic E-state index is -1.92. The lowest BCUT2D eigenvalue weighted by Crippen LogP contribution is -2.61. The summed E-state index contributed by atoms with van der Waals surface area (Å²) in [7, 11) is -1.92. The summed E-state index contributed by atoms with van der Waals surface area (Å²) in [5.74, 6) is 0.500. The van der Waals surface area contributed by atoms with E-state index in [-0.39, 0.29) is 16.4 Å². The zero-order valence-corrected chi connectivity index (χ0v) is 28.4. The molecular weight excluding hydrogens is 517 g/mol. The highest BCUT2D eigenvalue weighted by Crippen LogP contribution is 2.58. The number of benzene rings is 3. The van der Waals surface area contributed by atoms with Crippen LogP contribution in [-0.2, 0) is 10.8 Å². The van der Waals surface area contributed by atoms with E-state index in [4.69, 9.17) is 0 Å². The van der Waals surface area contributed by atoms with E-state index in [1.165, 1.54) is 44.1 Å². The first kappa shape index (κ1) is 26.7. The van der Waals surface area contributed by atoms with Crippen LogP contribution < -0.4 is 21.0 Å². The number of aryl methyl sites for hydroxylation is 1. The van der Waals surface area contributed by atoms with Gasteiger partial charge in [0.25, 0.3) is 0 Å². The standard InChI is InChI=1S/C36H44BNSSi/c1-20(2)22-17-25-31-26(18-22)37-30-27(38(31)36(9,10)35(25,7)8)15-21(3)16-28(30)39-32-24-19-23(34(4,5)6)13-14-29(24)40(11,12)33(32)37/h13-20H,1-12H3. The van der Waals surface area contributed by atoms with Crippen LogP contribution in [0.4, 0.5) is 11.4 Å². The molecule has 40 heavy (non-hydrogen) atoms. The third-order valence-corrected chi connectivity index (χ3v) is 16.2. The second-order valence-electron chi connectivity index (χ2n) is 15.8. The van der Waals surface area contributed by atoms with Crippen LogP contribution in [0.5, 0.6) is 0 Å². The van der Waals surface area contributed by atoms with Crippen molar-refractivity contribution < 1.29 is 0 Å². The van der Waals surface area contributed by atoms with Crippen molar-refractivity contribution in [3.8, 4) is 0 Å². The van der Waals surface area contributed by atoms with Crippen LogP contribution in [-0.4, -0.2) is 20.3 Å². The number of fused-ring (bicyclic) bond motifs is 5. The van der Waals surface area contributed by atoms with E-state index in [1.54, 1.807) is 26.1 Å². The highest BCUT2D eigenvalue weighted by atomic mass is 32.2. The molecule has 3 aromatic rings. The monoisotopic (exact) mass is 561 g/mol. The number of thioether (sulfide) groups is 1. The first-order chi connectivity index (χ1) is 18.5. The highest BCUT2D eigenvalue weighted by molar-refractivity contribution is 8.09. The number of anilines is 2. The van der Waals surface area contributed by atoms with E-state index in [9.17, 15) is 0 Å². The number of hydrogen-bond donors (Lipinski definition) is 0. The van der Waals surface area contributed by atoms with E-state index in [0.717, 1.165) is 0 Å². The molecule has 0 saturated heterocycles. The van der Waals surface area contributed by atoms with Crippen LogP contribution >= 0.6 is 11.8 Å². The predicted octanol–water partition coefficient (Wildman–Crippen LogP) is 8.07. The summed E-state index contributed by atoms with van der Waals surface area (Å²) in [5, 5.41) is 3.38. The van der Waals surface area contributed by atoms with Gasteiger partial charge in [0.05, 0.1) is 0 Å². The fourth-order valence-electron chi connectivity index (χ4n) is 8.06. The van der Waals surface area contributed by atoms with Crippen LogP contribution in [0.2, 0.25) is 13.1 Å². The van der Waals surface area contributed by atoms with Crippen molar-refractivity contribution in [1.29, 1.82) is 0 Å². The van der Waals surface area contributed by atoms with Gasteiger partial charge in [0.15, 0.2) is 0 Å². The predicted molar refractivity (Wildman–Crippen MR) is 181 cm³/mol. The van der Waals surface area contributed by atoms with Crippen molar-refractivity contribution in [2.45, 2.75) is 110 Å². The van der Waals surface area contributed by atoms with E-state index in [0.29, 0.717) is 12.6 Å². The van der Waals surface area contributed by atoms with Crippen LogP contribution in [0, 0.1) is 6.92 Å². The molecule has 0 bridgehead atoms. The molecule has 0 N–H and O–H groups in total. The Labute approximate surface area is 247 Å². The molecule has 0 atom stereocenters. The topological polar surface area (TPSA) is 3.24 Å². The van der Waals surface area contributed by atoms with Crippen molar-refractivity contribution in [3.63, 3.8) is 0 Å². The Kier molecular flexibility index (Phi) is 5.21. The normalized spacial score (nSPS) is 20.5. The average molecular weight is 562 g/mol. The fraction of sp³-hybridized carbons (Fsp3) is 0.444. The zero-order valence-electron chi connectivity index (χ0n) is 26.6. The summed E-state index contributed by atoms with van der Waals surface area (Å²) in [6, 6.07) is 17.6. The van der Waals surface area contributed by atoms with Crippen molar-refractivity contribution in [2.75, 3.05) is 4.90 Å². The van der Waals surface area contributed by atoms with Crippen molar-refractivity contribution in [3.05, 3.63) is 75.4 Å². The van der Waals surface area contributed by atoms with Gasteiger partial charge in [-0.25, -0.2) is 0 Å². The third kappa shape index (κ3) is 3.13. The average Bonchev–Trinajstić information content (AvgIpc) is 3.17. The molecule has 0 aromatic heterocycles. The summed E-state index contributed by atoms with van der Waals surface area (Å²) in [4.78, 5) is 5.80. The lowest BCUT2D eigenvalue weighted by atomic mass is 9.37. The second-order valence-corrected chi connectivity index (χ2v) is 21.2. The molecule has 206 valence electrons. The molecule has 1 nitrogen and oxygen atoms in total. The summed E-state index contributed by atoms with van der Waals surface area (Å²) in [6.45, 7) is 29.6. The molecule has 0 amide bonds. The van der Waals surface area contributed by atoms with Gasteiger partial charge < -0.3 is 4.90 Å². The Morgan fingerprint density at radius 2 is 1.65 bits per heavy atom. The van der Waals surface area contributed by atoms with E-state index in [1.807, 2.05) is 0 Å². The molecular formula is C36H44BNSSi. The first-order valence-corrected chi connectivity index (χ1v) is 19.0. The molecule has 7 rings (SSSR count). The van der Waals surface area contributed by atoms with Crippen molar-refractivity contribution in [2.24, 2.45) is 0 Å². The Bertz CT molecular complexity index is 1680. The zero-order chi connectivity index (χ0) is 28.9. The van der Waals surface area contributed by atoms with Gasteiger partial charge in [-0.2, -0.15) is 0 Å². The molecule has 4 heteroatoms. The summed E-state index contributed by atoms with van der Waals surface area (Å²) >= 11 is 2.08. The minimum Gasteiger partial charge on any atom is -0.336 e. The SMILES string of the molecule is Cc1cc2c3c(c1)N1c4c(cc(C(C)C)cc4C(C)(C)C1(C)C)B3C1=C(S2)c2cc(C(C)(C)C)ccc2[Si]1(C)C. The summed E-state index contributed by atoms with van der Waals surface area (Å²) in [6.07, 6.45) is 0. The van der Waals surface area contributed by atoms with Crippen LogP contribution in [0.15, 0.2) is 52.5 Å². The third-order valence-electron chi connectivity index (χ3n) is 11.1. The molecule has 0 spiro atoms. The maximum Gasteiger partial charge on any atom is 0.241 e. The van der Waals surface area contributed by atoms with E-state index in [2.05, 4.69) is 141 Å². The van der Waals surface area contributed by atoms with Crippen LogP contribution in [0.1, 0.15) is 96.0 Å². The largest absolute Gasteiger partial charge is 0.336 e. The van der Waals surface area contributed by atoms with Gasteiger partial charge in [0.1, 0.15) is 8.07 Å². The van der Waals surface area contributed by atoms with Gasteiger partial charge >= 0.3 is 0 Å². The molecule has 3 aromatic carbocycles. The van der Waals surface area contributed by atoms with Crippen molar-refractivity contribution >= 4 is 58.9 Å². The summed E-state index contributed by atoms with van der Waals surface area (Å²) < 4.78 is 0. The van der Waals surface area contributed by atoms with Crippen LogP contribution in [0.25, 0.3) is 4.91 Å². The Hall–Kier alpha value is -2.17. The smallest absolute Gasteiger partial charge is 0.241 e. The minimum absolute atomic E-state index is 0.0290. The van der Waals surface area contributed by atoms with Gasteiger partial charge in [-0.3, -0.25) is 0 Å². The molecule has 0 saturated carbocycles. The van der Waals surface area contributed by atoms with Gasteiger partial charge in [-0.05, 0) is 88.2 Å². The maximum atomic E-state index is 2.75. The molecule has 0 aliphatic carbocycles. The van der Waals surface area contributed by atoms with Crippen LogP contribution in [0.3, 0.4) is 0 Å². The molecule has 4 heterocycles. The van der Waals surface area contributed by atoms with Gasteiger partial charge in [0, 0.05) is 32.1 Å². The second kappa shape index (κ2) is 7.81. The fourth-order valence-corrected chi connectivity index (χ4v) is 13.8. The Morgan fingerprint density at radius 3 is 2.30 bits per heavy atom. The molecule has 0 radical (unpaired) electrons. The number of nitrogens with zero attached hydrogens (tertiary/aromatic N) is 1. The van der Waals surface area contributed by atoms with Gasteiger partial charge in [0.2, 0.25) is 6.71 Å². The molecule has 0 fully saturated rings. The van der Waals surface area contributed by atoms with Gasteiger partial charge in [-0.15, -0.1) is 0 Å². The number of hydrogen-bond acceptors (Lipinski definition) is 2. The lowest BCUT2D eigenvalue weighted by molar-refractivity contribution is 0.330. The first-order valence-electron chi connectivity index (χ1n) is 15.2. The van der Waals surface area contributed by atoms with Crippen molar-refractivity contribution in [1.82, 2.24) is 0 Å². The molecule has 0 unspecified atom stereocenters. The number of rotatable bonds is 1. The molecule has 4 aliphatic rings. The highest BCUT2D eigenvalue weighted by Gasteiger charge is 2.59. The molecule has 4 aliphatic heterocycles. The Balaban J connectivity index is 1.60.